The van der Waals surface area contributed by atoms with E-state index in [-0.39, 0.29) is 11.9 Å². The van der Waals surface area contributed by atoms with E-state index in [1.165, 1.54) is 11.6 Å². The molecule has 0 bridgehead atoms. The van der Waals surface area contributed by atoms with Crippen LogP contribution in [0.15, 0.2) is 35.0 Å². The van der Waals surface area contributed by atoms with E-state index in [9.17, 15) is 4.39 Å². The summed E-state index contributed by atoms with van der Waals surface area (Å²) in [6.07, 6.45) is 0.831. The van der Waals surface area contributed by atoms with Crippen molar-refractivity contribution in [3.63, 3.8) is 0 Å². The third-order valence-electron chi connectivity index (χ3n) is 3.04. The fourth-order valence-electron chi connectivity index (χ4n) is 2.16. The molecule has 1 atom stereocenters. The summed E-state index contributed by atoms with van der Waals surface area (Å²) in [6.45, 7) is 2.88. The van der Waals surface area contributed by atoms with Gasteiger partial charge in [0.1, 0.15) is 11.6 Å². The lowest BCUT2D eigenvalue weighted by atomic mass is 9.99. The number of nitrogens with one attached hydrogen (secondary N) is 1. The number of halogens is 1. The monoisotopic (exact) mass is 279 g/mol. The number of likely N-dealkylation sites (N-methyl/N-ethyl adjacent to an activating group) is 1. The molecule has 0 radical (unpaired) electrons. The largest absolute Gasteiger partial charge is 0.496 e. The minimum Gasteiger partial charge on any atom is -0.496 e. The van der Waals surface area contributed by atoms with E-state index in [1.807, 2.05) is 6.92 Å². The Morgan fingerprint density at radius 2 is 2.21 bits per heavy atom. The fraction of sp³-hybridized carbons (Fsp3) is 0.333. The van der Waals surface area contributed by atoms with Gasteiger partial charge in [-0.25, -0.2) is 4.39 Å². The molecule has 1 heterocycles. The summed E-state index contributed by atoms with van der Waals surface area (Å²) in [5, 5.41) is 7.57. The molecule has 19 heavy (non-hydrogen) atoms. The van der Waals surface area contributed by atoms with Gasteiger partial charge in [-0.2, -0.15) is 11.3 Å². The number of hydrogen-bond acceptors (Lipinski definition) is 3. The maximum absolute atomic E-state index is 13.5. The second-order valence-electron chi connectivity index (χ2n) is 4.33. The Kier molecular flexibility index (Phi) is 4.93. The normalized spacial score (nSPS) is 12.4. The van der Waals surface area contributed by atoms with Gasteiger partial charge in [0.25, 0.3) is 0 Å². The Hall–Kier alpha value is -1.39. The van der Waals surface area contributed by atoms with Crippen molar-refractivity contribution in [3.8, 4) is 5.75 Å². The first kappa shape index (κ1) is 14.0. The Balaban J connectivity index is 2.29. The van der Waals surface area contributed by atoms with Crippen LogP contribution in [0.25, 0.3) is 0 Å². The second kappa shape index (κ2) is 6.68. The lowest BCUT2D eigenvalue weighted by molar-refractivity contribution is 0.397. The van der Waals surface area contributed by atoms with Crippen LogP contribution in [0.5, 0.6) is 5.75 Å². The topological polar surface area (TPSA) is 21.3 Å². The van der Waals surface area contributed by atoms with Crippen molar-refractivity contribution in [3.05, 3.63) is 52.0 Å². The predicted molar refractivity (Wildman–Crippen MR) is 77.4 cm³/mol. The van der Waals surface area contributed by atoms with Gasteiger partial charge >= 0.3 is 0 Å². The van der Waals surface area contributed by atoms with Crippen molar-refractivity contribution >= 4 is 11.3 Å². The summed E-state index contributed by atoms with van der Waals surface area (Å²) >= 11 is 1.67. The second-order valence-corrected chi connectivity index (χ2v) is 5.11. The van der Waals surface area contributed by atoms with E-state index >= 15 is 0 Å². The molecule has 2 rings (SSSR count). The van der Waals surface area contributed by atoms with Gasteiger partial charge in [-0.1, -0.05) is 6.92 Å². The van der Waals surface area contributed by atoms with Crippen molar-refractivity contribution in [2.24, 2.45) is 0 Å². The molecule has 4 heteroatoms. The van der Waals surface area contributed by atoms with Crippen molar-refractivity contribution < 1.29 is 9.13 Å². The molecule has 0 saturated heterocycles. The number of rotatable bonds is 6. The SMILES string of the molecule is CCNC(Cc1ccsc1)c1cc(F)ccc1OC. The molecule has 0 amide bonds. The van der Waals surface area contributed by atoms with E-state index in [0.717, 1.165) is 24.3 Å². The molecular formula is C15H18FNOS. The molecule has 0 aliphatic heterocycles. The van der Waals surface area contributed by atoms with E-state index in [2.05, 4.69) is 22.1 Å². The fourth-order valence-corrected chi connectivity index (χ4v) is 2.84. The van der Waals surface area contributed by atoms with Gasteiger partial charge < -0.3 is 10.1 Å². The van der Waals surface area contributed by atoms with Crippen LogP contribution >= 0.6 is 11.3 Å². The van der Waals surface area contributed by atoms with Gasteiger partial charge in [0, 0.05) is 11.6 Å². The molecule has 1 aromatic heterocycles. The Bertz CT molecular complexity index is 513. The molecule has 2 aromatic rings. The summed E-state index contributed by atoms with van der Waals surface area (Å²) in [5.74, 6) is 0.492. The molecular weight excluding hydrogens is 261 g/mol. The van der Waals surface area contributed by atoms with Gasteiger partial charge in [-0.3, -0.25) is 0 Å². The van der Waals surface area contributed by atoms with Gasteiger partial charge in [-0.05, 0) is 53.6 Å². The molecule has 1 unspecified atom stereocenters. The Labute approximate surface area is 117 Å². The van der Waals surface area contributed by atoms with Gasteiger partial charge in [-0.15, -0.1) is 0 Å². The first-order chi connectivity index (χ1) is 9.24. The highest BCUT2D eigenvalue weighted by Crippen LogP contribution is 2.29. The number of methoxy groups -OCH3 is 1. The maximum Gasteiger partial charge on any atom is 0.123 e. The summed E-state index contributed by atoms with van der Waals surface area (Å²) in [7, 11) is 1.62. The minimum absolute atomic E-state index is 0.0604. The van der Waals surface area contributed by atoms with Crippen LogP contribution in [0.4, 0.5) is 4.39 Å². The van der Waals surface area contributed by atoms with Crippen molar-refractivity contribution in [2.45, 2.75) is 19.4 Å². The molecule has 0 aliphatic rings. The van der Waals surface area contributed by atoms with Crippen LogP contribution in [0.3, 0.4) is 0 Å². The number of benzene rings is 1. The van der Waals surface area contributed by atoms with E-state index in [0.29, 0.717) is 0 Å². The highest BCUT2D eigenvalue weighted by molar-refractivity contribution is 7.07. The molecule has 1 N–H and O–H groups in total. The van der Waals surface area contributed by atoms with Crippen LogP contribution in [-0.4, -0.2) is 13.7 Å². The van der Waals surface area contributed by atoms with E-state index < -0.39 is 0 Å². The number of thiophene rings is 1. The zero-order chi connectivity index (χ0) is 13.7. The van der Waals surface area contributed by atoms with Crippen LogP contribution in [0, 0.1) is 5.82 Å². The quantitative estimate of drug-likeness (QED) is 0.868. The summed E-state index contributed by atoms with van der Waals surface area (Å²) < 4.78 is 18.8. The van der Waals surface area contributed by atoms with Gasteiger partial charge in [0.2, 0.25) is 0 Å². The predicted octanol–water partition coefficient (Wildman–Crippen LogP) is 3.79. The van der Waals surface area contributed by atoms with Crippen LogP contribution in [-0.2, 0) is 6.42 Å². The average Bonchev–Trinajstić information content (AvgIpc) is 2.91. The third kappa shape index (κ3) is 3.55. The van der Waals surface area contributed by atoms with Crippen LogP contribution < -0.4 is 10.1 Å². The smallest absolute Gasteiger partial charge is 0.123 e. The summed E-state index contributed by atoms with van der Waals surface area (Å²) in [5.41, 5.74) is 2.12. The van der Waals surface area contributed by atoms with E-state index in [1.54, 1.807) is 30.6 Å². The molecule has 0 fully saturated rings. The molecule has 0 aliphatic carbocycles. The van der Waals surface area contributed by atoms with Crippen LogP contribution in [0.2, 0.25) is 0 Å². The van der Waals surface area contributed by atoms with Gasteiger partial charge in [0.05, 0.1) is 7.11 Å². The lowest BCUT2D eigenvalue weighted by Gasteiger charge is -2.20. The maximum atomic E-state index is 13.5. The first-order valence-corrected chi connectivity index (χ1v) is 7.26. The van der Waals surface area contributed by atoms with Crippen molar-refractivity contribution in [1.29, 1.82) is 0 Å². The third-order valence-corrected chi connectivity index (χ3v) is 3.77. The molecule has 102 valence electrons. The Morgan fingerprint density at radius 1 is 1.37 bits per heavy atom. The number of ether oxygens (including phenoxy) is 1. The number of hydrogen-bond donors (Lipinski definition) is 1. The van der Waals surface area contributed by atoms with E-state index in [4.69, 9.17) is 4.74 Å². The van der Waals surface area contributed by atoms with Crippen LogP contribution in [0.1, 0.15) is 24.1 Å². The standard InChI is InChI=1S/C15H18FNOS/c1-3-17-14(8-11-6-7-19-10-11)13-9-12(16)4-5-15(13)18-2/h4-7,9-10,14,17H,3,8H2,1-2H3. The highest BCUT2D eigenvalue weighted by Gasteiger charge is 2.17. The first-order valence-electron chi connectivity index (χ1n) is 6.32. The summed E-state index contributed by atoms with van der Waals surface area (Å²) in [6, 6.07) is 6.82. The molecule has 2 nitrogen and oxygen atoms in total. The minimum atomic E-state index is -0.232. The zero-order valence-electron chi connectivity index (χ0n) is 11.2. The molecule has 1 aromatic carbocycles. The molecule has 0 spiro atoms. The lowest BCUT2D eigenvalue weighted by Crippen LogP contribution is -2.23. The summed E-state index contributed by atoms with van der Waals surface area (Å²) in [4.78, 5) is 0. The Morgan fingerprint density at radius 3 is 2.84 bits per heavy atom. The van der Waals surface area contributed by atoms with Crippen molar-refractivity contribution in [2.75, 3.05) is 13.7 Å². The highest BCUT2D eigenvalue weighted by atomic mass is 32.1. The van der Waals surface area contributed by atoms with Gasteiger partial charge in [0.15, 0.2) is 0 Å². The van der Waals surface area contributed by atoms with Crippen molar-refractivity contribution in [1.82, 2.24) is 5.32 Å². The average molecular weight is 279 g/mol. The zero-order valence-corrected chi connectivity index (χ0v) is 12.0. The molecule has 0 saturated carbocycles.